The number of hydrogen-bond donors (Lipinski definition) is 1. The molecule has 3 rings (SSSR count). The standard InChI is InChI=1S/C19H20N4O/c1-15-13-18(22(2)20-15)19(24)21-23(17-11-7-4-8-12-17)14-16-9-5-3-6-10-16/h3-13H,14H2,1-2H3,(H,21,24). The molecular formula is C19H20N4O. The number of hydrogen-bond acceptors (Lipinski definition) is 3. The number of hydrazine groups is 1. The van der Waals surface area contributed by atoms with E-state index in [4.69, 9.17) is 0 Å². The van der Waals surface area contributed by atoms with Gasteiger partial charge in [-0.1, -0.05) is 48.5 Å². The molecule has 1 heterocycles. The molecule has 0 saturated carbocycles. The van der Waals surface area contributed by atoms with Crippen LogP contribution in [0.5, 0.6) is 0 Å². The lowest BCUT2D eigenvalue weighted by Gasteiger charge is -2.25. The van der Waals surface area contributed by atoms with Crippen LogP contribution in [-0.2, 0) is 13.6 Å². The molecule has 1 amide bonds. The van der Waals surface area contributed by atoms with E-state index in [1.807, 2.05) is 72.6 Å². The number of nitrogens with zero attached hydrogens (tertiary/aromatic N) is 3. The zero-order valence-electron chi connectivity index (χ0n) is 13.8. The zero-order valence-corrected chi connectivity index (χ0v) is 13.8. The van der Waals surface area contributed by atoms with E-state index in [0.29, 0.717) is 12.2 Å². The second-order valence-corrected chi connectivity index (χ2v) is 5.64. The van der Waals surface area contributed by atoms with E-state index < -0.39 is 0 Å². The third-order valence-corrected chi connectivity index (χ3v) is 3.72. The quantitative estimate of drug-likeness (QED) is 0.735. The van der Waals surface area contributed by atoms with Crippen molar-refractivity contribution in [2.24, 2.45) is 7.05 Å². The number of amides is 1. The van der Waals surface area contributed by atoms with Crippen molar-refractivity contribution in [3.8, 4) is 0 Å². The molecule has 3 aromatic rings. The summed E-state index contributed by atoms with van der Waals surface area (Å²) in [5.41, 5.74) is 6.37. The molecular weight excluding hydrogens is 300 g/mol. The number of carbonyl (C=O) groups excluding carboxylic acids is 1. The molecule has 0 aliphatic rings. The first kappa shape index (κ1) is 15.8. The second-order valence-electron chi connectivity index (χ2n) is 5.64. The highest BCUT2D eigenvalue weighted by Gasteiger charge is 2.16. The summed E-state index contributed by atoms with van der Waals surface area (Å²) in [5.74, 6) is -0.183. The number of nitrogens with one attached hydrogen (secondary N) is 1. The number of carbonyl (C=O) groups is 1. The molecule has 122 valence electrons. The minimum atomic E-state index is -0.183. The van der Waals surface area contributed by atoms with Gasteiger partial charge in [-0.25, -0.2) is 0 Å². The van der Waals surface area contributed by atoms with Gasteiger partial charge in [0.25, 0.3) is 5.91 Å². The Morgan fingerprint density at radius 1 is 1.08 bits per heavy atom. The largest absolute Gasteiger partial charge is 0.288 e. The van der Waals surface area contributed by atoms with E-state index in [0.717, 1.165) is 16.9 Å². The summed E-state index contributed by atoms with van der Waals surface area (Å²) < 4.78 is 1.59. The predicted octanol–water partition coefficient (Wildman–Crippen LogP) is 3.08. The highest BCUT2D eigenvalue weighted by molar-refractivity contribution is 5.93. The number of benzene rings is 2. The molecule has 0 unspecified atom stereocenters. The van der Waals surface area contributed by atoms with Crippen molar-refractivity contribution in [1.82, 2.24) is 15.2 Å². The fourth-order valence-corrected chi connectivity index (χ4v) is 2.57. The van der Waals surface area contributed by atoms with Crippen molar-refractivity contribution in [3.63, 3.8) is 0 Å². The maximum atomic E-state index is 12.6. The molecule has 0 saturated heterocycles. The van der Waals surface area contributed by atoms with Gasteiger partial charge in [0.2, 0.25) is 0 Å². The third kappa shape index (κ3) is 3.63. The van der Waals surface area contributed by atoms with Gasteiger partial charge in [0.15, 0.2) is 0 Å². The van der Waals surface area contributed by atoms with Crippen LogP contribution in [0, 0.1) is 6.92 Å². The van der Waals surface area contributed by atoms with E-state index in [9.17, 15) is 4.79 Å². The molecule has 0 atom stereocenters. The fraction of sp³-hybridized carbons (Fsp3) is 0.158. The maximum absolute atomic E-state index is 12.6. The number of rotatable bonds is 5. The van der Waals surface area contributed by atoms with Crippen LogP contribution in [0.3, 0.4) is 0 Å². The van der Waals surface area contributed by atoms with E-state index in [1.165, 1.54) is 0 Å². The Bertz CT molecular complexity index is 812. The molecule has 1 N–H and O–H groups in total. The van der Waals surface area contributed by atoms with Gasteiger partial charge >= 0.3 is 0 Å². The summed E-state index contributed by atoms with van der Waals surface area (Å²) in [4.78, 5) is 12.6. The molecule has 5 heteroatoms. The van der Waals surface area contributed by atoms with Gasteiger partial charge in [-0.2, -0.15) is 5.10 Å². The van der Waals surface area contributed by atoms with Crippen LogP contribution in [0.2, 0.25) is 0 Å². The van der Waals surface area contributed by atoms with Gasteiger partial charge in [0, 0.05) is 7.05 Å². The molecule has 2 aromatic carbocycles. The summed E-state index contributed by atoms with van der Waals surface area (Å²) in [6, 6.07) is 21.6. The lowest BCUT2D eigenvalue weighted by molar-refractivity contribution is 0.0938. The third-order valence-electron chi connectivity index (χ3n) is 3.72. The minimum absolute atomic E-state index is 0.183. The number of para-hydroxylation sites is 1. The Kier molecular flexibility index (Phi) is 4.61. The average molecular weight is 320 g/mol. The summed E-state index contributed by atoms with van der Waals surface area (Å²) in [6.07, 6.45) is 0. The van der Waals surface area contributed by atoms with Crippen molar-refractivity contribution in [2.45, 2.75) is 13.5 Å². The average Bonchev–Trinajstić information content (AvgIpc) is 2.94. The van der Waals surface area contributed by atoms with E-state index in [1.54, 1.807) is 17.8 Å². The van der Waals surface area contributed by atoms with Gasteiger partial charge in [-0.15, -0.1) is 0 Å². The van der Waals surface area contributed by atoms with Crippen molar-refractivity contribution in [2.75, 3.05) is 5.01 Å². The van der Waals surface area contributed by atoms with Crippen molar-refractivity contribution >= 4 is 11.6 Å². The first-order chi connectivity index (χ1) is 11.6. The van der Waals surface area contributed by atoms with Gasteiger partial charge in [0.05, 0.1) is 17.9 Å². The number of anilines is 1. The van der Waals surface area contributed by atoms with Gasteiger partial charge in [0.1, 0.15) is 5.69 Å². The highest BCUT2D eigenvalue weighted by atomic mass is 16.2. The van der Waals surface area contributed by atoms with Crippen LogP contribution in [0.4, 0.5) is 5.69 Å². The molecule has 0 aliphatic heterocycles. The Morgan fingerprint density at radius 2 is 1.71 bits per heavy atom. The van der Waals surface area contributed by atoms with E-state index in [-0.39, 0.29) is 5.91 Å². The Labute approximate surface area is 141 Å². The lowest BCUT2D eigenvalue weighted by Crippen LogP contribution is -2.42. The SMILES string of the molecule is Cc1cc(C(=O)NN(Cc2ccccc2)c2ccccc2)n(C)n1. The van der Waals surface area contributed by atoms with Crippen LogP contribution in [0.25, 0.3) is 0 Å². The normalized spacial score (nSPS) is 10.4. The summed E-state index contributed by atoms with van der Waals surface area (Å²) in [7, 11) is 1.77. The first-order valence-corrected chi connectivity index (χ1v) is 7.81. The Hall–Kier alpha value is -3.08. The Morgan fingerprint density at radius 3 is 2.29 bits per heavy atom. The molecule has 5 nitrogen and oxygen atoms in total. The number of aromatic nitrogens is 2. The van der Waals surface area contributed by atoms with Crippen LogP contribution in [-0.4, -0.2) is 15.7 Å². The highest BCUT2D eigenvalue weighted by Crippen LogP contribution is 2.15. The molecule has 0 radical (unpaired) electrons. The molecule has 0 aliphatic carbocycles. The van der Waals surface area contributed by atoms with Crippen molar-refractivity contribution in [3.05, 3.63) is 83.7 Å². The monoisotopic (exact) mass is 320 g/mol. The minimum Gasteiger partial charge on any atom is -0.281 e. The van der Waals surface area contributed by atoms with Crippen molar-refractivity contribution in [1.29, 1.82) is 0 Å². The molecule has 0 bridgehead atoms. The Balaban J connectivity index is 1.85. The van der Waals surface area contributed by atoms with Crippen molar-refractivity contribution < 1.29 is 4.79 Å². The second kappa shape index (κ2) is 7.00. The predicted molar refractivity (Wildman–Crippen MR) is 94.5 cm³/mol. The molecule has 0 spiro atoms. The fourth-order valence-electron chi connectivity index (χ4n) is 2.57. The summed E-state index contributed by atoms with van der Waals surface area (Å²) >= 11 is 0. The zero-order chi connectivity index (χ0) is 16.9. The summed E-state index contributed by atoms with van der Waals surface area (Å²) in [5, 5.41) is 6.08. The van der Waals surface area contributed by atoms with Gasteiger partial charge in [-0.05, 0) is 30.7 Å². The molecule has 24 heavy (non-hydrogen) atoms. The maximum Gasteiger partial charge on any atom is 0.288 e. The topological polar surface area (TPSA) is 50.2 Å². The smallest absolute Gasteiger partial charge is 0.281 e. The van der Waals surface area contributed by atoms with Crippen LogP contribution < -0.4 is 10.4 Å². The van der Waals surface area contributed by atoms with Crippen LogP contribution in [0.1, 0.15) is 21.7 Å². The molecule has 0 fully saturated rings. The first-order valence-electron chi connectivity index (χ1n) is 7.81. The van der Waals surface area contributed by atoms with Crippen LogP contribution >= 0.6 is 0 Å². The van der Waals surface area contributed by atoms with E-state index in [2.05, 4.69) is 10.5 Å². The lowest BCUT2D eigenvalue weighted by atomic mass is 10.2. The van der Waals surface area contributed by atoms with Gasteiger partial charge < -0.3 is 0 Å². The summed E-state index contributed by atoms with van der Waals surface area (Å²) in [6.45, 7) is 2.45. The van der Waals surface area contributed by atoms with Gasteiger partial charge in [-0.3, -0.25) is 19.9 Å². The van der Waals surface area contributed by atoms with E-state index >= 15 is 0 Å². The van der Waals surface area contributed by atoms with Crippen LogP contribution in [0.15, 0.2) is 66.7 Å². The molecule has 1 aromatic heterocycles. The number of aryl methyl sites for hydroxylation is 2.